The van der Waals surface area contributed by atoms with E-state index in [2.05, 4.69) is 4.99 Å². The van der Waals surface area contributed by atoms with E-state index < -0.39 is 0 Å². The first-order valence-corrected chi connectivity index (χ1v) is 5.18. The van der Waals surface area contributed by atoms with Crippen LogP contribution in [-0.2, 0) is 4.79 Å². The summed E-state index contributed by atoms with van der Waals surface area (Å²) in [7, 11) is 3.73. The smallest absolute Gasteiger partial charge is 0.272 e. The molecule has 0 aliphatic rings. The van der Waals surface area contributed by atoms with Crippen molar-refractivity contribution in [3.63, 3.8) is 0 Å². The summed E-state index contributed by atoms with van der Waals surface area (Å²) in [5.41, 5.74) is 0.966. The van der Waals surface area contributed by atoms with E-state index in [4.69, 9.17) is 0 Å². The molecule has 74 valence electrons. The number of carbonyl (C=O) groups excluding carboxylic acids is 1. The van der Waals surface area contributed by atoms with Gasteiger partial charge in [-0.3, -0.25) is 4.79 Å². The van der Waals surface area contributed by atoms with Crippen molar-refractivity contribution in [2.75, 3.05) is 20.4 Å². The van der Waals surface area contributed by atoms with E-state index in [0.29, 0.717) is 0 Å². The fourth-order valence-electron chi connectivity index (χ4n) is 0.702. The number of aliphatic imine (C=N–C) groups is 1. The van der Waals surface area contributed by atoms with Gasteiger partial charge >= 0.3 is 0 Å². The standard InChI is InChI=1S/C9H16N2OS/c1-7(2)6-8(12)10-9(13-5)11(3)4/h6H,1-5H3/b10-9-. The van der Waals surface area contributed by atoms with Crippen LogP contribution in [0, 0.1) is 0 Å². The molecule has 0 rings (SSSR count). The molecule has 3 nitrogen and oxygen atoms in total. The molecule has 0 heterocycles. The number of amides is 1. The molecule has 1 amide bonds. The van der Waals surface area contributed by atoms with E-state index in [1.807, 2.05) is 39.1 Å². The first kappa shape index (κ1) is 12.2. The highest BCUT2D eigenvalue weighted by atomic mass is 32.2. The van der Waals surface area contributed by atoms with Crippen molar-refractivity contribution in [3.05, 3.63) is 11.6 Å². The number of thioether (sulfide) groups is 1. The van der Waals surface area contributed by atoms with Crippen molar-refractivity contribution in [3.8, 4) is 0 Å². The van der Waals surface area contributed by atoms with E-state index >= 15 is 0 Å². The summed E-state index contributed by atoms with van der Waals surface area (Å²) in [4.78, 5) is 17.0. The van der Waals surface area contributed by atoms with Gasteiger partial charge in [0, 0.05) is 20.2 Å². The summed E-state index contributed by atoms with van der Waals surface area (Å²) in [5, 5.41) is 0.725. The van der Waals surface area contributed by atoms with Gasteiger partial charge < -0.3 is 4.90 Å². The molecule has 0 saturated heterocycles. The van der Waals surface area contributed by atoms with E-state index in [1.165, 1.54) is 17.8 Å². The Hall–Kier alpha value is -0.770. The van der Waals surface area contributed by atoms with Gasteiger partial charge in [-0.25, -0.2) is 0 Å². The van der Waals surface area contributed by atoms with Crippen molar-refractivity contribution < 1.29 is 4.79 Å². The molecule has 0 aromatic heterocycles. The van der Waals surface area contributed by atoms with Gasteiger partial charge in [0.25, 0.3) is 5.91 Å². The predicted molar refractivity (Wildman–Crippen MR) is 59.1 cm³/mol. The van der Waals surface area contributed by atoms with Crippen LogP contribution in [0.5, 0.6) is 0 Å². The maximum absolute atomic E-state index is 11.2. The largest absolute Gasteiger partial charge is 0.357 e. The second-order valence-electron chi connectivity index (χ2n) is 3.05. The summed E-state index contributed by atoms with van der Waals surface area (Å²) < 4.78 is 0. The Morgan fingerprint density at radius 3 is 2.23 bits per heavy atom. The highest BCUT2D eigenvalue weighted by molar-refractivity contribution is 8.13. The highest BCUT2D eigenvalue weighted by Gasteiger charge is 2.01. The molecule has 4 heteroatoms. The molecule has 0 bridgehead atoms. The van der Waals surface area contributed by atoms with Crippen LogP contribution in [0.1, 0.15) is 13.8 Å². The third-order valence-corrected chi connectivity index (χ3v) is 2.00. The zero-order valence-corrected chi connectivity index (χ0v) is 9.60. The number of rotatable bonds is 1. The van der Waals surface area contributed by atoms with Crippen LogP contribution in [0.2, 0.25) is 0 Å². The zero-order valence-electron chi connectivity index (χ0n) is 8.79. The minimum atomic E-state index is -0.196. The van der Waals surface area contributed by atoms with Gasteiger partial charge in [-0.1, -0.05) is 17.3 Å². The Bertz CT molecular complexity index is 240. The lowest BCUT2D eigenvalue weighted by Gasteiger charge is -2.11. The lowest BCUT2D eigenvalue weighted by Crippen LogP contribution is -2.19. The summed E-state index contributed by atoms with van der Waals surface area (Å²) in [6.45, 7) is 3.75. The predicted octanol–water partition coefficient (Wildman–Crippen LogP) is 1.76. The van der Waals surface area contributed by atoms with Crippen LogP contribution >= 0.6 is 11.8 Å². The number of amidine groups is 1. The molecular weight excluding hydrogens is 184 g/mol. The first-order valence-electron chi connectivity index (χ1n) is 3.96. The molecule has 0 fully saturated rings. The molecule has 0 aliphatic carbocycles. The molecule has 0 radical (unpaired) electrons. The van der Waals surface area contributed by atoms with Crippen LogP contribution in [-0.4, -0.2) is 36.3 Å². The Morgan fingerprint density at radius 1 is 1.38 bits per heavy atom. The molecule has 0 aliphatic heterocycles. The molecule has 0 unspecified atom stereocenters. The quantitative estimate of drug-likeness (QED) is 0.367. The second kappa shape index (κ2) is 5.80. The van der Waals surface area contributed by atoms with E-state index in [-0.39, 0.29) is 5.91 Å². The average Bonchev–Trinajstić information content (AvgIpc) is 1.98. The van der Waals surface area contributed by atoms with Crippen LogP contribution in [0.25, 0.3) is 0 Å². The van der Waals surface area contributed by atoms with Crippen LogP contribution in [0.15, 0.2) is 16.6 Å². The van der Waals surface area contributed by atoms with Crippen LogP contribution in [0.4, 0.5) is 0 Å². The SMILES string of the molecule is CS/C(=N\C(=O)C=C(C)C)N(C)C. The van der Waals surface area contributed by atoms with Gasteiger partial charge in [0.05, 0.1) is 0 Å². The second-order valence-corrected chi connectivity index (χ2v) is 3.83. The topological polar surface area (TPSA) is 32.7 Å². The zero-order chi connectivity index (χ0) is 10.4. The maximum atomic E-state index is 11.2. The van der Waals surface area contributed by atoms with Gasteiger partial charge in [0.15, 0.2) is 5.17 Å². The van der Waals surface area contributed by atoms with Crippen molar-refractivity contribution in [1.29, 1.82) is 0 Å². The summed E-state index contributed by atoms with van der Waals surface area (Å²) in [5.74, 6) is -0.196. The molecule has 0 saturated carbocycles. The Balaban J connectivity index is 4.52. The van der Waals surface area contributed by atoms with Crippen molar-refractivity contribution in [2.24, 2.45) is 4.99 Å². The number of allylic oxidation sites excluding steroid dienone is 1. The van der Waals surface area contributed by atoms with Crippen LogP contribution in [0.3, 0.4) is 0 Å². The maximum Gasteiger partial charge on any atom is 0.272 e. The highest BCUT2D eigenvalue weighted by Crippen LogP contribution is 2.02. The van der Waals surface area contributed by atoms with E-state index in [0.717, 1.165) is 10.7 Å². The van der Waals surface area contributed by atoms with E-state index in [9.17, 15) is 4.79 Å². The van der Waals surface area contributed by atoms with Gasteiger partial charge in [-0.05, 0) is 20.1 Å². The number of hydrogen-bond donors (Lipinski definition) is 0. The Kier molecular flexibility index (Phi) is 5.46. The van der Waals surface area contributed by atoms with Gasteiger partial charge in [0.2, 0.25) is 0 Å². The third-order valence-electron chi connectivity index (χ3n) is 1.18. The van der Waals surface area contributed by atoms with E-state index in [1.54, 1.807) is 0 Å². The normalized spacial score (nSPS) is 11.0. The minimum Gasteiger partial charge on any atom is -0.357 e. The molecule has 0 atom stereocenters. The van der Waals surface area contributed by atoms with Crippen molar-refractivity contribution >= 4 is 22.8 Å². The average molecular weight is 200 g/mol. The fourth-order valence-corrected chi connectivity index (χ4v) is 1.25. The monoisotopic (exact) mass is 200 g/mol. The Morgan fingerprint density at radius 2 is 1.92 bits per heavy atom. The summed E-state index contributed by atoms with van der Waals surface area (Å²) in [6.07, 6.45) is 3.42. The molecule has 0 spiro atoms. The number of nitrogens with zero attached hydrogens (tertiary/aromatic N) is 2. The fraction of sp³-hybridized carbons (Fsp3) is 0.556. The molecule has 13 heavy (non-hydrogen) atoms. The number of hydrogen-bond acceptors (Lipinski definition) is 2. The van der Waals surface area contributed by atoms with Gasteiger partial charge in [0.1, 0.15) is 0 Å². The molecule has 0 aromatic rings. The Labute approximate surface area is 83.9 Å². The first-order chi connectivity index (χ1) is 5.97. The molecule has 0 N–H and O–H groups in total. The number of carbonyl (C=O) groups is 1. The summed E-state index contributed by atoms with van der Waals surface area (Å²) in [6, 6.07) is 0. The van der Waals surface area contributed by atoms with Crippen molar-refractivity contribution in [2.45, 2.75) is 13.8 Å². The van der Waals surface area contributed by atoms with Gasteiger partial charge in [-0.2, -0.15) is 4.99 Å². The molecular formula is C9H16N2OS. The van der Waals surface area contributed by atoms with Crippen molar-refractivity contribution in [1.82, 2.24) is 4.90 Å². The van der Waals surface area contributed by atoms with Gasteiger partial charge in [-0.15, -0.1) is 0 Å². The lowest BCUT2D eigenvalue weighted by atomic mass is 10.3. The minimum absolute atomic E-state index is 0.196. The lowest BCUT2D eigenvalue weighted by molar-refractivity contribution is -0.113. The third kappa shape index (κ3) is 5.47. The molecule has 0 aromatic carbocycles. The van der Waals surface area contributed by atoms with Crippen LogP contribution < -0.4 is 0 Å². The summed E-state index contributed by atoms with van der Waals surface area (Å²) >= 11 is 1.46.